The monoisotopic (exact) mass is 262 g/mol. The van der Waals surface area contributed by atoms with Crippen molar-refractivity contribution in [3.8, 4) is 0 Å². The predicted molar refractivity (Wildman–Crippen MR) is 76.2 cm³/mol. The molecule has 2 rings (SSSR count). The number of para-hydroxylation sites is 1. The van der Waals surface area contributed by atoms with Gasteiger partial charge in [0.15, 0.2) is 0 Å². The van der Waals surface area contributed by atoms with Crippen LogP contribution in [0.1, 0.15) is 24.0 Å². The first-order chi connectivity index (χ1) is 9.06. The highest BCUT2D eigenvalue weighted by Gasteiger charge is 2.20. The molecule has 1 aromatic rings. The van der Waals surface area contributed by atoms with E-state index in [2.05, 4.69) is 5.32 Å². The van der Waals surface area contributed by atoms with Crippen molar-refractivity contribution in [2.75, 3.05) is 25.0 Å². The Morgan fingerprint density at radius 3 is 2.74 bits per heavy atom. The standard InChI is InChI=1S/C15H22N2O2/c1-11-5-3-6-12(2)15(11)16-14(19)10-17-8-4-7-13(18)9-17/h3,5-6,13,18H,4,7-10H2,1-2H3,(H,16,19). The van der Waals surface area contributed by atoms with Gasteiger partial charge in [-0.1, -0.05) is 18.2 Å². The number of hydrogen-bond acceptors (Lipinski definition) is 3. The number of aliphatic hydroxyl groups excluding tert-OH is 1. The third-order valence-electron chi connectivity index (χ3n) is 3.59. The molecule has 1 unspecified atom stereocenters. The zero-order chi connectivity index (χ0) is 13.8. The van der Waals surface area contributed by atoms with Gasteiger partial charge in [0.05, 0.1) is 12.6 Å². The minimum Gasteiger partial charge on any atom is -0.392 e. The van der Waals surface area contributed by atoms with Crippen molar-refractivity contribution in [1.29, 1.82) is 0 Å². The van der Waals surface area contributed by atoms with Gasteiger partial charge in [0, 0.05) is 12.2 Å². The lowest BCUT2D eigenvalue weighted by Gasteiger charge is -2.29. The minimum absolute atomic E-state index is 0.00787. The van der Waals surface area contributed by atoms with Crippen molar-refractivity contribution < 1.29 is 9.90 Å². The molecule has 1 aromatic carbocycles. The number of aryl methyl sites for hydroxylation is 2. The van der Waals surface area contributed by atoms with Crippen LogP contribution in [0.3, 0.4) is 0 Å². The Kier molecular flexibility index (Phi) is 4.56. The second-order valence-electron chi connectivity index (χ2n) is 5.35. The zero-order valence-corrected chi connectivity index (χ0v) is 11.6. The summed E-state index contributed by atoms with van der Waals surface area (Å²) in [5, 5.41) is 12.6. The first-order valence-electron chi connectivity index (χ1n) is 6.83. The fourth-order valence-electron chi connectivity index (χ4n) is 2.57. The summed E-state index contributed by atoms with van der Waals surface area (Å²) >= 11 is 0. The topological polar surface area (TPSA) is 52.6 Å². The van der Waals surface area contributed by atoms with Gasteiger partial charge >= 0.3 is 0 Å². The van der Waals surface area contributed by atoms with E-state index in [4.69, 9.17) is 0 Å². The van der Waals surface area contributed by atoms with E-state index >= 15 is 0 Å². The van der Waals surface area contributed by atoms with Crippen LogP contribution < -0.4 is 5.32 Å². The molecule has 0 aromatic heterocycles. The molecule has 0 saturated carbocycles. The summed E-state index contributed by atoms with van der Waals surface area (Å²) in [5.41, 5.74) is 3.06. The van der Waals surface area contributed by atoms with E-state index in [0.29, 0.717) is 13.1 Å². The third kappa shape index (κ3) is 3.78. The Labute approximate surface area is 114 Å². The molecular formula is C15H22N2O2. The quantitative estimate of drug-likeness (QED) is 0.871. The first-order valence-corrected chi connectivity index (χ1v) is 6.83. The number of nitrogens with zero attached hydrogens (tertiary/aromatic N) is 1. The number of hydrogen-bond donors (Lipinski definition) is 2. The van der Waals surface area contributed by atoms with Crippen molar-refractivity contribution in [3.63, 3.8) is 0 Å². The molecule has 4 heteroatoms. The molecule has 1 amide bonds. The van der Waals surface area contributed by atoms with Crippen molar-refractivity contribution in [1.82, 2.24) is 4.90 Å². The Hall–Kier alpha value is -1.39. The second-order valence-corrected chi connectivity index (χ2v) is 5.35. The summed E-state index contributed by atoms with van der Waals surface area (Å²) in [6.45, 7) is 5.82. The summed E-state index contributed by atoms with van der Waals surface area (Å²) in [4.78, 5) is 14.1. The average molecular weight is 262 g/mol. The summed E-state index contributed by atoms with van der Waals surface area (Å²) in [6, 6.07) is 5.97. The number of benzene rings is 1. The molecule has 19 heavy (non-hydrogen) atoms. The van der Waals surface area contributed by atoms with E-state index in [0.717, 1.165) is 36.2 Å². The van der Waals surface area contributed by atoms with Gasteiger partial charge in [-0.2, -0.15) is 0 Å². The van der Waals surface area contributed by atoms with Crippen LogP contribution in [-0.4, -0.2) is 41.7 Å². The molecule has 4 nitrogen and oxygen atoms in total. The van der Waals surface area contributed by atoms with Crippen LogP contribution in [0, 0.1) is 13.8 Å². The molecule has 2 N–H and O–H groups in total. The molecule has 1 fully saturated rings. The van der Waals surface area contributed by atoms with E-state index < -0.39 is 0 Å². The lowest BCUT2D eigenvalue weighted by Crippen LogP contribution is -2.42. The molecule has 1 atom stereocenters. The predicted octanol–water partition coefficient (Wildman–Crippen LogP) is 1.70. The molecule has 0 spiro atoms. The van der Waals surface area contributed by atoms with E-state index in [9.17, 15) is 9.90 Å². The number of amides is 1. The molecule has 1 saturated heterocycles. The van der Waals surface area contributed by atoms with Gasteiger partial charge in [0.25, 0.3) is 0 Å². The number of aliphatic hydroxyl groups is 1. The van der Waals surface area contributed by atoms with Gasteiger partial charge in [-0.3, -0.25) is 9.69 Å². The average Bonchev–Trinajstić information content (AvgIpc) is 2.34. The van der Waals surface area contributed by atoms with Crippen LogP contribution in [0.25, 0.3) is 0 Å². The van der Waals surface area contributed by atoms with Crippen LogP contribution in [-0.2, 0) is 4.79 Å². The number of carbonyl (C=O) groups excluding carboxylic acids is 1. The molecule has 1 aliphatic rings. The highest BCUT2D eigenvalue weighted by atomic mass is 16.3. The summed E-state index contributed by atoms with van der Waals surface area (Å²) in [5.74, 6) is -0.00787. The molecule has 1 aliphatic heterocycles. The van der Waals surface area contributed by atoms with Crippen LogP contribution in [0.15, 0.2) is 18.2 Å². The maximum atomic E-state index is 12.1. The van der Waals surface area contributed by atoms with E-state index in [1.165, 1.54) is 0 Å². The highest BCUT2D eigenvalue weighted by molar-refractivity contribution is 5.93. The number of nitrogens with one attached hydrogen (secondary N) is 1. The SMILES string of the molecule is Cc1cccc(C)c1NC(=O)CN1CCCC(O)C1. The number of β-amino-alcohol motifs (C(OH)–C–C–N with tert-alkyl or cyclic N) is 1. The van der Waals surface area contributed by atoms with Crippen molar-refractivity contribution in [2.24, 2.45) is 0 Å². The highest BCUT2D eigenvalue weighted by Crippen LogP contribution is 2.19. The smallest absolute Gasteiger partial charge is 0.238 e. The summed E-state index contributed by atoms with van der Waals surface area (Å²) in [7, 11) is 0. The number of carbonyl (C=O) groups is 1. The van der Waals surface area contributed by atoms with Crippen LogP contribution in [0.4, 0.5) is 5.69 Å². The van der Waals surface area contributed by atoms with Gasteiger partial charge in [0.2, 0.25) is 5.91 Å². The maximum absolute atomic E-state index is 12.1. The maximum Gasteiger partial charge on any atom is 0.238 e. The van der Waals surface area contributed by atoms with E-state index in [1.807, 2.05) is 36.9 Å². The molecule has 1 heterocycles. The lowest BCUT2D eigenvalue weighted by molar-refractivity contribution is -0.118. The number of piperidine rings is 1. The zero-order valence-electron chi connectivity index (χ0n) is 11.6. The van der Waals surface area contributed by atoms with Gasteiger partial charge in [-0.15, -0.1) is 0 Å². The van der Waals surface area contributed by atoms with E-state index in [1.54, 1.807) is 0 Å². The largest absolute Gasteiger partial charge is 0.392 e. The normalized spacial score (nSPS) is 20.3. The Bertz CT molecular complexity index is 439. The molecule has 0 aliphatic carbocycles. The van der Waals surface area contributed by atoms with Gasteiger partial charge in [-0.25, -0.2) is 0 Å². The van der Waals surface area contributed by atoms with Crippen LogP contribution >= 0.6 is 0 Å². The van der Waals surface area contributed by atoms with Crippen molar-refractivity contribution in [3.05, 3.63) is 29.3 Å². The summed E-state index contributed by atoms with van der Waals surface area (Å²) < 4.78 is 0. The Morgan fingerprint density at radius 2 is 2.11 bits per heavy atom. The van der Waals surface area contributed by atoms with Crippen LogP contribution in [0.5, 0.6) is 0 Å². The van der Waals surface area contributed by atoms with Gasteiger partial charge < -0.3 is 10.4 Å². The molecule has 104 valence electrons. The minimum atomic E-state index is -0.290. The first kappa shape index (κ1) is 14.0. The number of likely N-dealkylation sites (tertiary alicyclic amines) is 1. The van der Waals surface area contributed by atoms with Gasteiger partial charge in [-0.05, 0) is 44.4 Å². The van der Waals surface area contributed by atoms with Crippen LogP contribution in [0.2, 0.25) is 0 Å². The Morgan fingerprint density at radius 1 is 1.42 bits per heavy atom. The summed E-state index contributed by atoms with van der Waals surface area (Å²) in [6.07, 6.45) is 1.51. The molecule has 0 bridgehead atoms. The Balaban J connectivity index is 1.94. The fraction of sp³-hybridized carbons (Fsp3) is 0.533. The fourth-order valence-corrected chi connectivity index (χ4v) is 2.57. The van der Waals surface area contributed by atoms with E-state index in [-0.39, 0.29) is 12.0 Å². The number of rotatable bonds is 3. The molecular weight excluding hydrogens is 240 g/mol. The van der Waals surface area contributed by atoms with Gasteiger partial charge in [0.1, 0.15) is 0 Å². The third-order valence-corrected chi connectivity index (χ3v) is 3.59. The number of anilines is 1. The van der Waals surface area contributed by atoms with Crippen molar-refractivity contribution >= 4 is 11.6 Å². The van der Waals surface area contributed by atoms with Crippen molar-refractivity contribution in [2.45, 2.75) is 32.8 Å². The lowest BCUT2D eigenvalue weighted by atomic mass is 10.1. The molecule has 0 radical (unpaired) electrons. The second kappa shape index (κ2) is 6.17.